The van der Waals surface area contributed by atoms with Crippen molar-refractivity contribution in [3.8, 4) is 0 Å². The zero-order valence-electron chi connectivity index (χ0n) is 13.9. The van der Waals surface area contributed by atoms with Crippen molar-refractivity contribution in [1.29, 1.82) is 0 Å². The first kappa shape index (κ1) is 17.5. The molecule has 0 saturated heterocycles. The molecular weight excluding hydrogens is 310 g/mol. The SMILES string of the molecule is Cc1cccc(N(C)CC(O)c2ccc(S(C)(=O)=O)cc2)c1C. The molecule has 0 amide bonds. The maximum Gasteiger partial charge on any atom is 0.175 e. The van der Waals surface area contributed by atoms with Crippen LogP contribution in [0.4, 0.5) is 5.69 Å². The second kappa shape index (κ2) is 6.72. The van der Waals surface area contributed by atoms with Gasteiger partial charge in [0.05, 0.1) is 11.0 Å². The quantitative estimate of drug-likeness (QED) is 0.914. The number of likely N-dealkylation sites (N-methyl/N-ethyl adjacent to an activating group) is 1. The number of hydrogen-bond donors (Lipinski definition) is 1. The lowest BCUT2D eigenvalue weighted by Gasteiger charge is -2.25. The predicted molar refractivity (Wildman–Crippen MR) is 93.7 cm³/mol. The summed E-state index contributed by atoms with van der Waals surface area (Å²) >= 11 is 0. The van der Waals surface area contributed by atoms with Gasteiger partial charge >= 0.3 is 0 Å². The van der Waals surface area contributed by atoms with E-state index in [2.05, 4.69) is 19.9 Å². The molecular formula is C18H23NO3S. The van der Waals surface area contributed by atoms with Crippen molar-refractivity contribution in [3.05, 3.63) is 59.2 Å². The Morgan fingerprint density at radius 2 is 1.70 bits per heavy atom. The molecule has 0 aromatic heterocycles. The molecule has 0 spiro atoms. The molecule has 5 heteroatoms. The molecule has 0 heterocycles. The number of nitrogens with zero attached hydrogens (tertiary/aromatic N) is 1. The van der Waals surface area contributed by atoms with Crippen molar-refractivity contribution in [3.63, 3.8) is 0 Å². The van der Waals surface area contributed by atoms with Crippen molar-refractivity contribution in [2.24, 2.45) is 0 Å². The number of anilines is 1. The molecule has 0 aliphatic heterocycles. The molecule has 2 aromatic rings. The Kier molecular flexibility index (Phi) is 5.12. The number of aliphatic hydroxyl groups excluding tert-OH is 1. The summed E-state index contributed by atoms with van der Waals surface area (Å²) < 4.78 is 23.0. The van der Waals surface area contributed by atoms with E-state index in [0.717, 1.165) is 5.69 Å². The van der Waals surface area contributed by atoms with Crippen LogP contribution in [-0.2, 0) is 9.84 Å². The van der Waals surface area contributed by atoms with Gasteiger partial charge in [0.15, 0.2) is 9.84 Å². The molecule has 0 aliphatic carbocycles. The van der Waals surface area contributed by atoms with Gasteiger partial charge in [-0.3, -0.25) is 0 Å². The normalized spacial score (nSPS) is 12.9. The van der Waals surface area contributed by atoms with Gasteiger partial charge in [0, 0.05) is 25.5 Å². The average molecular weight is 333 g/mol. The number of aliphatic hydroxyl groups is 1. The number of rotatable bonds is 5. The van der Waals surface area contributed by atoms with Crippen molar-refractivity contribution in [2.75, 3.05) is 24.7 Å². The van der Waals surface area contributed by atoms with Crippen LogP contribution in [0.15, 0.2) is 47.4 Å². The van der Waals surface area contributed by atoms with Crippen molar-refractivity contribution < 1.29 is 13.5 Å². The first-order chi connectivity index (χ1) is 10.7. The molecule has 4 nitrogen and oxygen atoms in total. The third kappa shape index (κ3) is 4.12. The van der Waals surface area contributed by atoms with Crippen molar-refractivity contribution in [1.82, 2.24) is 0 Å². The van der Waals surface area contributed by atoms with E-state index in [0.29, 0.717) is 12.1 Å². The van der Waals surface area contributed by atoms with E-state index in [1.165, 1.54) is 29.5 Å². The van der Waals surface area contributed by atoms with E-state index in [4.69, 9.17) is 0 Å². The highest BCUT2D eigenvalue weighted by molar-refractivity contribution is 7.90. The summed E-state index contributed by atoms with van der Waals surface area (Å²) in [6.07, 6.45) is 0.487. The van der Waals surface area contributed by atoms with Crippen molar-refractivity contribution >= 4 is 15.5 Å². The summed E-state index contributed by atoms with van der Waals surface area (Å²) in [7, 11) is -1.27. The molecule has 1 unspecified atom stereocenters. The highest BCUT2D eigenvalue weighted by Gasteiger charge is 2.14. The van der Waals surface area contributed by atoms with Crippen LogP contribution >= 0.6 is 0 Å². The Labute approximate surface area is 138 Å². The van der Waals surface area contributed by atoms with Crippen molar-refractivity contribution in [2.45, 2.75) is 24.8 Å². The summed E-state index contributed by atoms with van der Waals surface area (Å²) in [6.45, 7) is 4.56. The number of sulfone groups is 1. The Balaban J connectivity index is 2.15. The van der Waals surface area contributed by atoms with Gasteiger partial charge in [0.1, 0.15) is 0 Å². The van der Waals surface area contributed by atoms with E-state index in [1.54, 1.807) is 12.1 Å². The highest BCUT2D eigenvalue weighted by atomic mass is 32.2. The van der Waals surface area contributed by atoms with Crippen LogP contribution in [0.2, 0.25) is 0 Å². The second-order valence-electron chi connectivity index (χ2n) is 5.96. The van der Waals surface area contributed by atoms with Crippen LogP contribution in [0.25, 0.3) is 0 Å². The third-order valence-electron chi connectivity index (χ3n) is 4.13. The van der Waals surface area contributed by atoms with Crippen LogP contribution in [0.5, 0.6) is 0 Å². The molecule has 2 rings (SSSR count). The first-order valence-electron chi connectivity index (χ1n) is 7.45. The molecule has 0 saturated carbocycles. The number of hydrogen-bond acceptors (Lipinski definition) is 4. The third-order valence-corrected chi connectivity index (χ3v) is 5.26. The zero-order valence-corrected chi connectivity index (χ0v) is 14.8. The maximum atomic E-state index is 11.5. The van der Waals surface area contributed by atoms with Gasteiger partial charge < -0.3 is 10.0 Å². The van der Waals surface area contributed by atoms with Gasteiger partial charge in [-0.2, -0.15) is 0 Å². The Bertz CT molecular complexity index is 782. The smallest absolute Gasteiger partial charge is 0.175 e. The summed E-state index contributed by atoms with van der Waals surface area (Å²) in [5.41, 5.74) is 4.18. The van der Waals surface area contributed by atoms with Crippen LogP contribution in [0.3, 0.4) is 0 Å². The first-order valence-corrected chi connectivity index (χ1v) is 9.34. The van der Waals surface area contributed by atoms with Crippen LogP contribution in [0.1, 0.15) is 22.8 Å². The maximum absolute atomic E-state index is 11.5. The average Bonchev–Trinajstić information content (AvgIpc) is 2.49. The standard InChI is InChI=1S/C18H23NO3S/c1-13-6-5-7-17(14(13)2)19(3)12-18(20)15-8-10-16(11-9-15)23(4,21)22/h5-11,18,20H,12H2,1-4H3. The predicted octanol–water partition coefficient (Wildman–Crippen LogP) is 2.88. The van der Waals surface area contributed by atoms with Gasteiger partial charge in [-0.25, -0.2) is 8.42 Å². The Morgan fingerprint density at radius 1 is 1.09 bits per heavy atom. The van der Waals surface area contributed by atoms with Gasteiger partial charge in [0.2, 0.25) is 0 Å². The molecule has 0 fully saturated rings. The molecule has 0 bridgehead atoms. The summed E-state index contributed by atoms with van der Waals surface area (Å²) in [5, 5.41) is 10.4. The molecule has 0 radical (unpaired) electrons. The molecule has 2 aromatic carbocycles. The lowest BCUT2D eigenvalue weighted by atomic mass is 10.1. The zero-order chi connectivity index (χ0) is 17.2. The van der Waals surface area contributed by atoms with Gasteiger partial charge in [-0.05, 0) is 48.7 Å². The second-order valence-corrected chi connectivity index (χ2v) is 7.97. The van der Waals surface area contributed by atoms with Crippen LogP contribution < -0.4 is 4.90 Å². The minimum atomic E-state index is -3.21. The number of aryl methyl sites for hydroxylation is 1. The van der Waals surface area contributed by atoms with E-state index in [9.17, 15) is 13.5 Å². The molecule has 23 heavy (non-hydrogen) atoms. The van der Waals surface area contributed by atoms with Gasteiger partial charge in [-0.1, -0.05) is 24.3 Å². The number of benzene rings is 2. The summed E-state index contributed by atoms with van der Waals surface area (Å²) in [4.78, 5) is 2.27. The van der Waals surface area contributed by atoms with Gasteiger partial charge in [0.25, 0.3) is 0 Å². The minimum absolute atomic E-state index is 0.260. The molecule has 124 valence electrons. The van der Waals surface area contributed by atoms with E-state index >= 15 is 0 Å². The highest BCUT2D eigenvalue weighted by Crippen LogP contribution is 2.24. The lowest BCUT2D eigenvalue weighted by molar-refractivity contribution is 0.185. The topological polar surface area (TPSA) is 57.6 Å². The van der Waals surface area contributed by atoms with Gasteiger partial charge in [-0.15, -0.1) is 0 Å². The fourth-order valence-corrected chi connectivity index (χ4v) is 3.18. The van der Waals surface area contributed by atoms with E-state index in [1.807, 2.05) is 24.1 Å². The molecule has 1 N–H and O–H groups in total. The van der Waals surface area contributed by atoms with E-state index in [-0.39, 0.29) is 4.90 Å². The van der Waals surface area contributed by atoms with E-state index < -0.39 is 15.9 Å². The monoisotopic (exact) mass is 333 g/mol. The fourth-order valence-electron chi connectivity index (χ4n) is 2.55. The van der Waals surface area contributed by atoms with Crippen LogP contribution in [-0.4, -0.2) is 33.4 Å². The Morgan fingerprint density at radius 3 is 2.26 bits per heavy atom. The Hall–Kier alpha value is -1.85. The minimum Gasteiger partial charge on any atom is -0.387 e. The summed E-state index contributed by atoms with van der Waals surface area (Å²) in [5.74, 6) is 0. The lowest BCUT2D eigenvalue weighted by Crippen LogP contribution is -2.25. The molecule has 0 aliphatic rings. The summed E-state index contributed by atoms with van der Waals surface area (Å²) in [6, 6.07) is 12.5. The van der Waals surface area contributed by atoms with Crippen LogP contribution in [0, 0.1) is 13.8 Å². The molecule has 1 atom stereocenters. The largest absolute Gasteiger partial charge is 0.387 e. The fraction of sp³-hybridized carbons (Fsp3) is 0.333.